The van der Waals surface area contributed by atoms with Crippen LogP contribution in [0, 0.1) is 11.3 Å². The molecule has 11 heteroatoms. The van der Waals surface area contributed by atoms with Gasteiger partial charge in [-0.05, 0) is 35.9 Å². The Kier molecular flexibility index (Phi) is 5.50. The zero-order valence-corrected chi connectivity index (χ0v) is 15.3. The van der Waals surface area contributed by atoms with Gasteiger partial charge in [0.1, 0.15) is 17.3 Å². The molecule has 0 unspecified atom stereocenters. The molecule has 0 fully saturated rings. The lowest BCUT2D eigenvalue weighted by atomic mass is 10.0. The molecule has 0 radical (unpaired) electrons. The molecular formula is C20H11F6N3O2. The Bertz CT molecular complexity index is 1230. The highest BCUT2D eigenvalue weighted by molar-refractivity contribution is 5.99. The summed E-state index contributed by atoms with van der Waals surface area (Å²) in [5, 5.41) is 18.3. The van der Waals surface area contributed by atoms with Crippen LogP contribution in [0.4, 0.5) is 26.3 Å². The number of nitrogens with zero attached hydrogens (tertiary/aromatic N) is 3. The molecule has 0 aliphatic heterocycles. The van der Waals surface area contributed by atoms with E-state index in [4.69, 9.17) is 10.4 Å². The summed E-state index contributed by atoms with van der Waals surface area (Å²) >= 11 is 0. The lowest BCUT2D eigenvalue weighted by Crippen LogP contribution is -2.15. The fraction of sp³-hybridized carbons (Fsp3) is 0.150. The number of fused-ring (bicyclic) bond motifs is 1. The monoisotopic (exact) mass is 439 g/mol. The number of carbonyl (C=O) groups is 1. The van der Waals surface area contributed by atoms with Crippen molar-refractivity contribution in [2.75, 3.05) is 0 Å². The molecule has 160 valence electrons. The van der Waals surface area contributed by atoms with Gasteiger partial charge in [0.25, 0.3) is 0 Å². The topological polar surface area (TPSA) is 78.9 Å². The average molecular weight is 439 g/mol. The normalized spacial score (nSPS) is 12.7. The number of carboxylic acid groups (broad SMARTS) is 1. The molecule has 1 N–H and O–H groups in total. The summed E-state index contributed by atoms with van der Waals surface area (Å²) in [5.41, 5.74) is -3.53. The highest BCUT2D eigenvalue weighted by atomic mass is 19.4. The van der Waals surface area contributed by atoms with Crippen molar-refractivity contribution in [3.05, 3.63) is 70.6 Å². The first-order chi connectivity index (χ1) is 14.4. The third-order valence-electron chi connectivity index (χ3n) is 4.40. The number of benzene rings is 1. The van der Waals surface area contributed by atoms with E-state index in [9.17, 15) is 31.1 Å². The van der Waals surface area contributed by atoms with E-state index in [1.807, 2.05) is 0 Å². The summed E-state index contributed by atoms with van der Waals surface area (Å²) < 4.78 is 80.2. The first kappa shape index (κ1) is 21.9. The minimum atomic E-state index is -5.03. The van der Waals surface area contributed by atoms with Crippen LogP contribution < -0.4 is 0 Å². The van der Waals surface area contributed by atoms with E-state index < -0.39 is 47.1 Å². The van der Waals surface area contributed by atoms with Crippen LogP contribution in [-0.4, -0.2) is 20.6 Å². The Morgan fingerprint density at radius 1 is 1.16 bits per heavy atom. The third kappa shape index (κ3) is 4.53. The minimum Gasteiger partial charge on any atom is -0.477 e. The van der Waals surface area contributed by atoms with Crippen LogP contribution in [0.3, 0.4) is 0 Å². The largest absolute Gasteiger partial charge is 0.477 e. The number of rotatable bonds is 4. The molecule has 0 saturated heterocycles. The van der Waals surface area contributed by atoms with Crippen molar-refractivity contribution in [3.8, 4) is 6.07 Å². The number of hydrogen-bond donors (Lipinski definition) is 1. The van der Waals surface area contributed by atoms with Gasteiger partial charge in [0.05, 0.1) is 11.1 Å². The van der Waals surface area contributed by atoms with Gasteiger partial charge in [0, 0.05) is 29.9 Å². The molecule has 5 nitrogen and oxygen atoms in total. The predicted octanol–water partition coefficient (Wildman–Crippen LogP) is 5.11. The Balaban J connectivity index is 2.15. The number of alkyl halides is 6. The van der Waals surface area contributed by atoms with Crippen molar-refractivity contribution in [2.45, 2.75) is 18.9 Å². The summed E-state index contributed by atoms with van der Waals surface area (Å²) in [5.74, 6) is -1.49. The SMILES string of the molecule is N#C/C(=C\c1cn(Cc2ccc(C(F)(F)F)cc2C(F)(F)F)c2ncccc12)C(=O)O. The molecule has 0 saturated carbocycles. The second-order valence-corrected chi connectivity index (χ2v) is 6.43. The number of carboxylic acids is 1. The first-order valence-corrected chi connectivity index (χ1v) is 8.48. The van der Waals surface area contributed by atoms with Crippen LogP contribution in [0.1, 0.15) is 22.3 Å². The predicted molar refractivity (Wildman–Crippen MR) is 96.5 cm³/mol. The standard InChI is InChI=1S/C20H11F6N3O2/c21-19(22,23)14-4-3-11(16(7-14)20(24,25)26)9-29-10-13(6-12(8-27)18(30)31)15-2-1-5-28-17(15)29/h1-7,10H,9H2,(H,30,31)/b12-6+. The highest BCUT2D eigenvalue weighted by Crippen LogP contribution is 2.38. The first-order valence-electron chi connectivity index (χ1n) is 8.48. The second kappa shape index (κ2) is 7.79. The van der Waals surface area contributed by atoms with E-state index in [1.165, 1.54) is 35.2 Å². The molecule has 0 spiro atoms. The van der Waals surface area contributed by atoms with Gasteiger partial charge in [-0.1, -0.05) is 6.07 Å². The third-order valence-corrected chi connectivity index (χ3v) is 4.40. The molecule has 0 amide bonds. The summed E-state index contributed by atoms with van der Waals surface area (Å²) in [6.07, 6.45) is -6.29. The zero-order chi connectivity index (χ0) is 23.0. The van der Waals surface area contributed by atoms with Crippen molar-refractivity contribution < 1.29 is 36.2 Å². The van der Waals surface area contributed by atoms with Crippen LogP contribution in [0.5, 0.6) is 0 Å². The van der Waals surface area contributed by atoms with Crippen LogP contribution in [0.25, 0.3) is 17.1 Å². The fourth-order valence-corrected chi connectivity index (χ4v) is 3.02. The molecule has 3 rings (SSSR count). The minimum absolute atomic E-state index is 0.0491. The van der Waals surface area contributed by atoms with Crippen LogP contribution in [0.2, 0.25) is 0 Å². The lowest BCUT2D eigenvalue weighted by molar-refractivity contribution is -0.143. The summed E-state index contributed by atoms with van der Waals surface area (Å²) in [6, 6.07) is 5.89. The molecule has 0 aliphatic rings. The quantitative estimate of drug-likeness (QED) is 0.348. The zero-order valence-electron chi connectivity index (χ0n) is 15.3. The Labute approximate surface area is 170 Å². The van der Waals surface area contributed by atoms with Crippen molar-refractivity contribution in [2.24, 2.45) is 0 Å². The molecule has 0 bridgehead atoms. The summed E-state index contributed by atoms with van der Waals surface area (Å²) in [4.78, 5) is 15.2. The van der Waals surface area contributed by atoms with E-state index in [0.717, 1.165) is 12.1 Å². The van der Waals surface area contributed by atoms with Crippen molar-refractivity contribution in [1.82, 2.24) is 9.55 Å². The lowest BCUT2D eigenvalue weighted by Gasteiger charge is -2.16. The van der Waals surface area contributed by atoms with E-state index in [-0.39, 0.29) is 17.3 Å². The van der Waals surface area contributed by atoms with E-state index in [1.54, 1.807) is 0 Å². The number of nitriles is 1. The average Bonchev–Trinajstić information content (AvgIpc) is 3.02. The van der Waals surface area contributed by atoms with Crippen molar-refractivity contribution in [3.63, 3.8) is 0 Å². The van der Waals surface area contributed by atoms with Crippen molar-refractivity contribution >= 4 is 23.1 Å². The summed E-state index contributed by atoms with van der Waals surface area (Å²) in [6.45, 7) is -0.483. The number of aromatic nitrogens is 2. The van der Waals surface area contributed by atoms with Gasteiger partial charge in [-0.2, -0.15) is 31.6 Å². The smallest absolute Gasteiger partial charge is 0.416 e. The maximum absolute atomic E-state index is 13.4. The van der Waals surface area contributed by atoms with Crippen LogP contribution >= 0.6 is 0 Å². The second-order valence-electron chi connectivity index (χ2n) is 6.43. The molecule has 2 aromatic heterocycles. The molecule has 3 aromatic rings. The number of halogens is 6. The van der Waals surface area contributed by atoms with E-state index in [2.05, 4.69) is 4.98 Å². The van der Waals surface area contributed by atoms with Gasteiger partial charge < -0.3 is 9.67 Å². The van der Waals surface area contributed by atoms with Gasteiger partial charge in [0.15, 0.2) is 0 Å². The van der Waals surface area contributed by atoms with Gasteiger partial charge >= 0.3 is 18.3 Å². The van der Waals surface area contributed by atoms with Gasteiger partial charge in [0.2, 0.25) is 0 Å². The van der Waals surface area contributed by atoms with Crippen LogP contribution in [-0.2, 0) is 23.7 Å². The Morgan fingerprint density at radius 2 is 1.87 bits per heavy atom. The Hall–Kier alpha value is -3.81. The van der Waals surface area contributed by atoms with Crippen molar-refractivity contribution in [1.29, 1.82) is 5.26 Å². The molecule has 1 aromatic carbocycles. The molecular weight excluding hydrogens is 428 g/mol. The molecule has 31 heavy (non-hydrogen) atoms. The fourth-order valence-electron chi connectivity index (χ4n) is 3.02. The molecule has 0 atom stereocenters. The maximum Gasteiger partial charge on any atom is 0.416 e. The highest BCUT2D eigenvalue weighted by Gasteiger charge is 2.38. The molecule has 2 heterocycles. The van der Waals surface area contributed by atoms with E-state index in [0.29, 0.717) is 11.5 Å². The maximum atomic E-state index is 13.4. The molecule has 0 aliphatic carbocycles. The number of pyridine rings is 1. The van der Waals surface area contributed by atoms with Gasteiger partial charge in [-0.3, -0.25) is 0 Å². The summed E-state index contributed by atoms with van der Waals surface area (Å²) in [7, 11) is 0. The number of aliphatic carboxylic acids is 1. The number of hydrogen-bond acceptors (Lipinski definition) is 3. The van der Waals surface area contributed by atoms with E-state index >= 15 is 0 Å². The Morgan fingerprint density at radius 3 is 2.45 bits per heavy atom. The van der Waals surface area contributed by atoms with Gasteiger partial charge in [-0.15, -0.1) is 0 Å². The van der Waals surface area contributed by atoms with Gasteiger partial charge in [-0.25, -0.2) is 9.78 Å². The van der Waals surface area contributed by atoms with Crippen LogP contribution in [0.15, 0.2) is 48.3 Å².